The van der Waals surface area contributed by atoms with E-state index in [0.717, 1.165) is 38.3 Å². The lowest BCUT2D eigenvalue weighted by molar-refractivity contribution is 0.766. The molecule has 44 heavy (non-hydrogen) atoms. The van der Waals surface area contributed by atoms with Crippen molar-refractivity contribution in [3.05, 3.63) is 144 Å². The molecule has 0 amide bonds. The Kier molecular flexibility index (Phi) is 5.79. The number of benzene rings is 7. The average Bonchev–Trinajstić information content (AvgIpc) is 3.66. The van der Waals surface area contributed by atoms with E-state index in [-0.39, 0.29) is 0 Å². The Morgan fingerprint density at radius 1 is 0.523 bits per heavy atom. The zero-order valence-electron chi connectivity index (χ0n) is 23.4. The first kappa shape index (κ1) is 25.5. The zero-order valence-corrected chi connectivity index (χ0v) is 25.8. The lowest BCUT2D eigenvalue weighted by Crippen LogP contribution is -2.10. The first-order valence-electron chi connectivity index (χ1n) is 14.4. The summed E-state index contributed by atoms with van der Waals surface area (Å²) in [7, 11) is 0. The Hall–Kier alpha value is -5.04. The minimum absolute atomic E-state index is 0.881. The van der Waals surface area contributed by atoms with Gasteiger partial charge in [0.05, 0.1) is 5.69 Å². The predicted molar refractivity (Wildman–Crippen MR) is 189 cm³/mol. The maximum atomic E-state index is 4.66. The Bertz CT molecular complexity index is 2480. The van der Waals surface area contributed by atoms with E-state index in [2.05, 4.69) is 146 Å². The molecule has 0 unspecified atom stereocenters. The topological polar surface area (TPSA) is 34.0 Å². The number of hydrogen-bond acceptors (Lipinski definition) is 4. The Labute approximate surface area is 265 Å². The fourth-order valence-corrected chi connectivity index (χ4v) is 8.12. The van der Waals surface area contributed by atoms with Gasteiger partial charge in [-0.3, -0.25) is 0 Å². The molecule has 0 radical (unpaired) electrons. The molecule has 7 aromatic carbocycles. The number of thiophene rings is 1. The third-order valence-electron chi connectivity index (χ3n) is 8.27. The highest BCUT2D eigenvalue weighted by molar-refractivity contribution is 9.10. The first-order valence-corrected chi connectivity index (χ1v) is 16.1. The van der Waals surface area contributed by atoms with E-state index in [0.29, 0.717) is 0 Å². The van der Waals surface area contributed by atoms with Crippen LogP contribution in [0.25, 0.3) is 58.4 Å². The lowest BCUT2D eigenvalue weighted by Gasteiger charge is -2.26. The molecule has 4 nitrogen and oxygen atoms in total. The summed E-state index contributed by atoms with van der Waals surface area (Å²) >= 11 is 5.67. The van der Waals surface area contributed by atoms with E-state index >= 15 is 0 Å². The van der Waals surface area contributed by atoms with Crippen LogP contribution in [0.2, 0.25) is 0 Å². The van der Waals surface area contributed by atoms with Gasteiger partial charge in [-0.25, -0.2) is 0 Å². The van der Waals surface area contributed by atoms with Crippen molar-refractivity contribution in [2.75, 3.05) is 4.90 Å². The molecule has 0 fully saturated rings. The molecule has 6 heteroatoms. The molecule has 0 atom stereocenters. The summed E-state index contributed by atoms with van der Waals surface area (Å²) < 4.78 is 3.74. The van der Waals surface area contributed by atoms with Crippen LogP contribution in [0.15, 0.2) is 144 Å². The van der Waals surface area contributed by atoms with Crippen LogP contribution in [0, 0.1) is 0 Å². The minimum Gasteiger partial charge on any atom is -0.310 e. The number of nitrogens with zero attached hydrogens (tertiary/aromatic N) is 4. The summed E-state index contributed by atoms with van der Waals surface area (Å²) in [6.45, 7) is 0. The highest BCUT2D eigenvalue weighted by atomic mass is 79.9. The van der Waals surface area contributed by atoms with Gasteiger partial charge in [0.25, 0.3) is 0 Å². The molecule has 9 rings (SSSR count). The maximum absolute atomic E-state index is 4.66. The zero-order chi connectivity index (χ0) is 29.2. The minimum atomic E-state index is 0.881. The van der Waals surface area contributed by atoms with Gasteiger partial charge in [-0.2, -0.15) is 4.80 Å². The SMILES string of the molecule is Brc1cc2sc3cc4ccc(N(c5ccccc5)c5ccc(-n6nc7ccccc7n6)cc5)cc4cc3c2c2ccccc12. The molecular weight excluding hydrogens is 624 g/mol. The second-order valence-electron chi connectivity index (χ2n) is 10.9. The van der Waals surface area contributed by atoms with Gasteiger partial charge in [0.15, 0.2) is 0 Å². The van der Waals surface area contributed by atoms with Gasteiger partial charge < -0.3 is 4.90 Å². The van der Waals surface area contributed by atoms with Crippen LogP contribution in [0.5, 0.6) is 0 Å². The van der Waals surface area contributed by atoms with Gasteiger partial charge in [-0.1, -0.05) is 76.6 Å². The van der Waals surface area contributed by atoms with Crippen molar-refractivity contribution in [1.82, 2.24) is 15.0 Å². The average molecular weight is 648 g/mol. The standard InChI is InChI=1S/C38H23BrN4S/c39-33-23-37-38(31-11-5-4-10-30(31)33)32-21-25-20-29(15-14-24(25)22-36(32)44-37)42(26-8-2-1-3-9-26)27-16-18-28(19-17-27)43-40-34-12-6-7-13-35(34)41-43/h1-23H. The van der Waals surface area contributed by atoms with Crippen molar-refractivity contribution < 1.29 is 0 Å². The molecule has 0 bridgehead atoms. The number of rotatable bonds is 4. The molecular formula is C38H23BrN4S. The molecule has 0 saturated carbocycles. The summed E-state index contributed by atoms with van der Waals surface area (Å²) in [5, 5.41) is 16.9. The van der Waals surface area contributed by atoms with Gasteiger partial charge in [0, 0.05) is 41.7 Å². The number of aromatic nitrogens is 3. The summed E-state index contributed by atoms with van der Waals surface area (Å²) in [5.74, 6) is 0. The number of para-hydroxylation sites is 1. The number of halogens is 1. The fraction of sp³-hybridized carbons (Fsp3) is 0. The molecule has 0 N–H and O–H groups in total. The van der Waals surface area contributed by atoms with E-state index in [1.54, 1.807) is 4.80 Å². The molecule has 0 spiro atoms. The molecule has 208 valence electrons. The van der Waals surface area contributed by atoms with Crippen molar-refractivity contribution in [2.45, 2.75) is 0 Å². The first-order chi connectivity index (χ1) is 21.7. The van der Waals surface area contributed by atoms with Crippen molar-refractivity contribution in [3.8, 4) is 5.69 Å². The van der Waals surface area contributed by atoms with E-state index in [1.165, 1.54) is 41.7 Å². The van der Waals surface area contributed by atoms with Crippen LogP contribution < -0.4 is 4.90 Å². The number of fused-ring (bicyclic) bond motifs is 7. The van der Waals surface area contributed by atoms with E-state index < -0.39 is 0 Å². The molecule has 0 aliphatic rings. The van der Waals surface area contributed by atoms with Crippen LogP contribution in [0.4, 0.5) is 17.1 Å². The summed E-state index contributed by atoms with van der Waals surface area (Å²) in [5.41, 5.74) is 5.95. The quantitative estimate of drug-likeness (QED) is 0.191. The van der Waals surface area contributed by atoms with Gasteiger partial charge in [0.2, 0.25) is 0 Å². The second-order valence-corrected chi connectivity index (χ2v) is 12.9. The van der Waals surface area contributed by atoms with Gasteiger partial charge >= 0.3 is 0 Å². The fourth-order valence-electron chi connectivity index (χ4n) is 6.20. The number of anilines is 3. The molecule has 0 saturated heterocycles. The molecule has 2 aromatic heterocycles. The predicted octanol–water partition coefficient (Wildman–Crippen LogP) is 11.3. The molecule has 0 aliphatic carbocycles. The molecule has 9 aromatic rings. The summed E-state index contributed by atoms with van der Waals surface area (Å²) in [6.07, 6.45) is 0. The third-order valence-corrected chi connectivity index (χ3v) is 10.0. The molecule has 2 heterocycles. The Morgan fingerprint density at radius 3 is 1.95 bits per heavy atom. The second kappa shape index (κ2) is 10.0. The van der Waals surface area contributed by atoms with Crippen molar-refractivity contribution >= 4 is 97.1 Å². The van der Waals surface area contributed by atoms with Gasteiger partial charge in [0.1, 0.15) is 11.0 Å². The van der Waals surface area contributed by atoms with Crippen LogP contribution in [0.3, 0.4) is 0 Å². The van der Waals surface area contributed by atoms with Crippen LogP contribution in [-0.2, 0) is 0 Å². The summed E-state index contributed by atoms with van der Waals surface area (Å²) in [4.78, 5) is 4.01. The van der Waals surface area contributed by atoms with Gasteiger partial charge in [-0.05, 0) is 100 Å². The summed E-state index contributed by atoms with van der Waals surface area (Å²) in [6, 6.07) is 49.3. The van der Waals surface area contributed by atoms with Crippen molar-refractivity contribution in [1.29, 1.82) is 0 Å². The van der Waals surface area contributed by atoms with E-state index in [9.17, 15) is 0 Å². The van der Waals surface area contributed by atoms with E-state index in [4.69, 9.17) is 0 Å². The van der Waals surface area contributed by atoms with Crippen molar-refractivity contribution in [2.24, 2.45) is 0 Å². The normalized spacial score (nSPS) is 11.8. The van der Waals surface area contributed by atoms with Gasteiger partial charge in [-0.15, -0.1) is 21.5 Å². The van der Waals surface area contributed by atoms with Crippen LogP contribution >= 0.6 is 27.3 Å². The van der Waals surface area contributed by atoms with E-state index in [1.807, 2.05) is 35.6 Å². The number of hydrogen-bond donors (Lipinski definition) is 0. The monoisotopic (exact) mass is 646 g/mol. The van der Waals surface area contributed by atoms with Crippen molar-refractivity contribution in [3.63, 3.8) is 0 Å². The van der Waals surface area contributed by atoms with Crippen LogP contribution in [-0.4, -0.2) is 15.0 Å². The largest absolute Gasteiger partial charge is 0.310 e. The Morgan fingerprint density at radius 2 is 1.18 bits per heavy atom. The molecule has 0 aliphatic heterocycles. The highest BCUT2D eigenvalue weighted by Gasteiger charge is 2.16. The van der Waals surface area contributed by atoms with Crippen LogP contribution in [0.1, 0.15) is 0 Å². The smallest absolute Gasteiger partial charge is 0.113 e. The highest BCUT2D eigenvalue weighted by Crippen LogP contribution is 2.44. The lowest BCUT2D eigenvalue weighted by atomic mass is 10.0. The third kappa shape index (κ3) is 4.10. The Balaban J connectivity index is 1.19. The maximum Gasteiger partial charge on any atom is 0.113 e.